The number of aryl methyl sites for hydroxylation is 1. The number of pyridine rings is 1. The minimum atomic E-state index is -0.678. The zero-order chi connectivity index (χ0) is 23.4. The summed E-state index contributed by atoms with van der Waals surface area (Å²) in [6.07, 6.45) is 3.24. The van der Waals surface area contributed by atoms with E-state index in [0.29, 0.717) is 36.9 Å². The van der Waals surface area contributed by atoms with Gasteiger partial charge in [0.25, 0.3) is 11.7 Å². The molecule has 1 fully saturated rings. The summed E-state index contributed by atoms with van der Waals surface area (Å²) in [6, 6.07) is 8.20. The van der Waals surface area contributed by atoms with Crippen LogP contribution in [-0.2, 0) is 9.59 Å². The van der Waals surface area contributed by atoms with Crippen molar-refractivity contribution in [3.05, 3.63) is 65.0 Å². The van der Waals surface area contributed by atoms with Crippen molar-refractivity contribution < 1.29 is 19.4 Å². The first-order chi connectivity index (χ1) is 15.2. The number of ether oxygens (including phenoxy) is 1. The Balaban J connectivity index is 2.06. The number of hydrogen-bond acceptors (Lipinski definition) is 6. The van der Waals surface area contributed by atoms with Crippen LogP contribution < -0.4 is 4.74 Å². The highest BCUT2D eigenvalue weighted by atomic mass is 16.5. The summed E-state index contributed by atoms with van der Waals surface area (Å²) in [7, 11) is 3.81. The molecule has 1 aromatic carbocycles. The van der Waals surface area contributed by atoms with Gasteiger partial charge in [-0.15, -0.1) is 0 Å². The van der Waals surface area contributed by atoms with Crippen LogP contribution in [0.5, 0.6) is 5.75 Å². The zero-order valence-electron chi connectivity index (χ0n) is 19.3. The zero-order valence-corrected chi connectivity index (χ0v) is 19.3. The van der Waals surface area contributed by atoms with Gasteiger partial charge in [-0.1, -0.05) is 13.8 Å². The Bertz CT molecular complexity index is 1020. The van der Waals surface area contributed by atoms with Gasteiger partial charge < -0.3 is 19.6 Å². The molecule has 0 bridgehead atoms. The molecule has 0 spiro atoms. The Hall–Kier alpha value is -3.19. The van der Waals surface area contributed by atoms with E-state index in [-0.39, 0.29) is 11.3 Å². The fourth-order valence-electron chi connectivity index (χ4n) is 3.71. The van der Waals surface area contributed by atoms with Crippen molar-refractivity contribution in [2.24, 2.45) is 5.92 Å². The van der Waals surface area contributed by atoms with E-state index in [1.165, 1.54) is 4.90 Å². The summed E-state index contributed by atoms with van der Waals surface area (Å²) >= 11 is 0. The molecule has 7 nitrogen and oxygen atoms in total. The van der Waals surface area contributed by atoms with Crippen LogP contribution in [0.15, 0.2) is 48.3 Å². The van der Waals surface area contributed by atoms with Gasteiger partial charge in [0, 0.05) is 31.0 Å². The van der Waals surface area contributed by atoms with Crippen LogP contribution >= 0.6 is 0 Å². The van der Waals surface area contributed by atoms with Crippen molar-refractivity contribution in [1.29, 1.82) is 0 Å². The van der Waals surface area contributed by atoms with Crippen LogP contribution in [0.1, 0.15) is 36.6 Å². The number of rotatable bonds is 8. The number of likely N-dealkylation sites (tertiary alicyclic amines) is 1. The van der Waals surface area contributed by atoms with Crippen molar-refractivity contribution in [2.45, 2.75) is 26.8 Å². The Kier molecular flexibility index (Phi) is 7.30. The van der Waals surface area contributed by atoms with Crippen LogP contribution in [0.25, 0.3) is 5.76 Å². The molecule has 1 aliphatic heterocycles. The highest BCUT2D eigenvalue weighted by Gasteiger charge is 2.46. The van der Waals surface area contributed by atoms with E-state index in [2.05, 4.69) is 18.8 Å². The van der Waals surface area contributed by atoms with Gasteiger partial charge in [0.1, 0.15) is 11.5 Å². The van der Waals surface area contributed by atoms with E-state index in [4.69, 9.17) is 4.74 Å². The number of carbonyl (C=O) groups is 2. The van der Waals surface area contributed by atoms with E-state index < -0.39 is 17.7 Å². The molecular formula is C25H31N3O4. The fraction of sp³-hybridized carbons (Fsp3) is 0.400. The average molecular weight is 438 g/mol. The third-order valence-electron chi connectivity index (χ3n) is 5.39. The van der Waals surface area contributed by atoms with Crippen LogP contribution in [0.4, 0.5) is 0 Å². The lowest BCUT2D eigenvalue weighted by Crippen LogP contribution is -2.35. The first kappa shape index (κ1) is 23.5. The molecule has 2 aromatic rings. The summed E-state index contributed by atoms with van der Waals surface area (Å²) in [4.78, 5) is 33.5. The van der Waals surface area contributed by atoms with Gasteiger partial charge in [0.2, 0.25) is 0 Å². The van der Waals surface area contributed by atoms with Gasteiger partial charge in [-0.05, 0) is 68.4 Å². The predicted octanol–water partition coefficient (Wildman–Crippen LogP) is 3.41. The van der Waals surface area contributed by atoms with Crippen molar-refractivity contribution in [1.82, 2.24) is 14.8 Å². The summed E-state index contributed by atoms with van der Waals surface area (Å²) < 4.78 is 5.77. The quantitative estimate of drug-likeness (QED) is 0.387. The van der Waals surface area contributed by atoms with Gasteiger partial charge in [-0.25, -0.2) is 0 Å². The number of Topliss-reactive ketones (excluding diaryl/α,β-unsaturated/α-hetero) is 1. The summed E-state index contributed by atoms with van der Waals surface area (Å²) in [5, 5.41) is 11.2. The second-order valence-electron chi connectivity index (χ2n) is 8.76. The van der Waals surface area contributed by atoms with Gasteiger partial charge in [0.15, 0.2) is 0 Å². The minimum Gasteiger partial charge on any atom is -0.507 e. The smallest absolute Gasteiger partial charge is 0.295 e. The molecular weight excluding hydrogens is 406 g/mol. The topological polar surface area (TPSA) is 83.0 Å². The van der Waals surface area contributed by atoms with Crippen LogP contribution in [0.3, 0.4) is 0 Å². The highest BCUT2D eigenvalue weighted by Crippen LogP contribution is 2.39. The fourth-order valence-corrected chi connectivity index (χ4v) is 3.71. The van der Waals surface area contributed by atoms with Gasteiger partial charge in [0.05, 0.1) is 18.2 Å². The van der Waals surface area contributed by atoms with Crippen molar-refractivity contribution in [2.75, 3.05) is 33.8 Å². The second kappa shape index (κ2) is 9.96. The number of likely N-dealkylation sites (N-methyl/N-ethyl adjacent to an activating group) is 1. The third-order valence-corrected chi connectivity index (χ3v) is 5.39. The molecule has 0 aliphatic carbocycles. The Morgan fingerprint density at radius 1 is 1.19 bits per heavy atom. The number of aliphatic hydroxyl groups excluding tert-OH is 1. The first-order valence-electron chi connectivity index (χ1n) is 10.8. The number of hydrogen-bond donors (Lipinski definition) is 1. The molecule has 2 heterocycles. The highest BCUT2D eigenvalue weighted by molar-refractivity contribution is 6.46. The molecule has 0 saturated carbocycles. The lowest BCUT2D eigenvalue weighted by molar-refractivity contribution is -0.140. The van der Waals surface area contributed by atoms with E-state index in [1.807, 2.05) is 32.0 Å². The molecule has 0 unspecified atom stereocenters. The SMILES string of the molecule is Cc1cc(OCC(C)C)ccc1C(O)=C1C(=O)C(=O)N(CCN(C)C)[C@H]1c1ccncc1. The molecule has 1 saturated heterocycles. The van der Waals surface area contributed by atoms with E-state index in [1.54, 1.807) is 36.7 Å². The van der Waals surface area contributed by atoms with Crippen molar-refractivity contribution >= 4 is 17.4 Å². The predicted molar refractivity (Wildman–Crippen MR) is 123 cm³/mol. The largest absolute Gasteiger partial charge is 0.507 e. The number of carbonyl (C=O) groups excluding carboxylic acids is 2. The Morgan fingerprint density at radius 3 is 2.47 bits per heavy atom. The minimum absolute atomic E-state index is 0.0962. The number of aromatic nitrogens is 1. The number of nitrogens with zero attached hydrogens (tertiary/aromatic N) is 3. The monoisotopic (exact) mass is 437 g/mol. The van der Waals surface area contributed by atoms with Gasteiger partial charge >= 0.3 is 0 Å². The molecule has 1 N–H and O–H groups in total. The van der Waals surface area contributed by atoms with Gasteiger partial charge in [-0.3, -0.25) is 14.6 Å². The molecule has 1 aliphatic rings. The summed E-state index contributed by atoms with van der Waals surface area (Å²) in [5.41, 5.74) is 2.09. The summed E-state index contributed by atoms with van der Waals surface area (Å²) in [5.74, 6) is -0.371. The van der Waals surface area contributed by atoms with E-state index in [9.17, 15) is 14.7 Å². The normalized spacial score (nSPS) is 18.1. The lowest BCUT2D eigenvalue weighted by Gasteiger charge is -2.26. The maximum Gasteiger partial charge on any atom is 0.295 e. The number of amides is 1. The second-order valence-corrected chi connectivity index (χ2v) is 8.76. The average Bonchev–Trinajstić information content (AvgIpc) is 3.01. The van der Waals surface area contributed by atoms with Crippen LogP contribution in [-0.4, -0.2) is 65.4 Å². The number of ketones is 1. The molecule has 0 radical (unpaired) electrons. The molecule has 3 rings (SSSR count). The molecule has 1 amide bonds. The lowest BCUT2D eigenvalue weighted by atomic mass is 9.94. The molecule has 32 heavy (non-hydrogen) atoms. The maximum absolute atomic E-state index is 13.1. The van der Waals surface area contributed by atoms with E-state index in [0.717, 1.165) is 11.1 Å². The summed E-state index contributed by atoms with van der Waals surface area (Å²) in [6.45, 7) is 7.53. The van der Waals surface area contributed by atoms with E-state index >= 15 is 0 Å². The Labute approximate surface area is 189 Å². The molecule has 1 aromatic heterocycles. The van der Waals surface area contributed by atoms with Crippen molar-refractivity contribution in [3.63, 3.8) is 0 Å². The number of aliphatic hydroxyl groups is 1. The first-order valence-corrected chi connectivity index (χ1v) is 10.8. The van der Waals surface area contributed by atoms with Gasteiger partial charge in [-0.2, -0.15) is 0 Å². The molecule has 1 atom stereocenters. The molecule has 7 heteroatoms. The standard InChI is InChI=1S/C25H31N3O4/c1-16(2)15-32-19-6-7-20(17(3)14-19)23(29)21-22(18-8-10-26-11-9-18)28(13-12-27(4)5)25(31)24(21)30/h6-11,14,16,22,29H,12-13,15H2,1-5H3/t22-/m0/s1. The van der Waals surface area contributed by atoms with Crippen LogP contribution in [0.2, 0.25) is 0 Å². The molecule has 170 valence electrons. The number of benzene rings is 1. The Morgan fingerprint density at radius 2 is 1.88 bits per heavy atom. The maximum atomic E-state index is 13.1. The third kappa shape index (κ3) is 4.99. The van der Waals surface area contributed by atoms with Crippen molar-refractivity contribution in [3.8, 4) is 5.75 Å². The van der Waals surface area contributed by atoms with Crippen LogP contribution in [0, 0.1) is 12.8 Å².